The number of ether oxygens (including phenoxy) is 1. The van der Waals surface area contributed by atoms with Gasteiger partial charge in [0.15, 0.2) is 0 Å². The Bertz CT molecular complexity index is 1520. The highest BCUT2D eigenvalue weighted by Gasteiger charge is 2.16. The second-order valence-corrected chi connectivity index (χ2v) is 11.4. The predicted molar refractivity (Wildman–Crippen MR) is 164 cm³/mol. The van der Waals surface area contributed by atoms with Crippen LogP contribution in [-0.2, 0) is 35.6 Å². The molecule has 3 heterocycles. The number of anilines is 1. The average Bonchev–Trinajstić information content (AvgIpc) is 3.42. The number of hydrogen-bond donors (Lipinski definition) is 1. The lowest BCUT2D eigenvalue weighted by atomic mass is 10.1. The summed E-state index contributed by atoms with van der Waals surface area (Å²) in [4.78, 5) is 27.6. The van der Waals surface area contributed by atoms with Gasteiger partial charge in [-0.3, -0.25) is 14.8 Å². The molecule has 5 rings (SSSR count). The normalized spacial score (nSPS) is 11.9. The molecule has 3 aromatic heterocycles. The number of rotatable bonds is 15. The number of hydrogen-bond acceptors (Lipinski definition) is 7. The molecule has 0 radical (unpaired) electrons. The number of nitrogens with two attached hydrogens (primary N) is 1. The lowest BCUT2D eigenvalue weighted by Gasteiger charge is -2.25. The first-order valence-corrected chi connectivity index (χ1v) is 14.9. The van der Waals surface area contributed by atoms with Crippen molar-refractivity contribution in [2.75, 3.05) is 4.90 Å². The average molecular weight is 584 g/mol. The van der Waals surface area contributed by atoms with Gasteiger partial charge in [0, 0.05) is 43.6 Å². The van der Waals surface area contributed by atoms with Crippen LogP contribution in [0.5, 0.6) is 0 Å². The fourth-order valence-corrected chi connectivity index (χ4v) is 5.84. The molecule has 7 nitrogen and oxygen atoms in total. The molecule has 2 aromatic carbocycles. The summed E-state index contributed by atoms with van der Waals surface area (Å²) >= 11 is 1.73. The van der Waals surface area contributed by atoms with Crippen LogP contribution in [0, 0.1) is 5.82 Å². The van der Waals surface area contributed by atoms with Crippen LogP contribution in [0.1, 0.15) is 47.4 Å². The van der Waals surface area contributed by atoms with E-state index < -0.39 is 12.0 Å². The molecule has 0 saturated carbocycles. The number of pyridine rings is 2. The van der Waals surface area contributed by atoms with Gasteiger partial charge in [-0.15, -0.1) is 11.3 Å². The molecule has 0 fully saturated rings. The Balaban J connectivity index is 1.15. The third-order valence-electron chi connectivity index (χ3n) is 7.01. The van der Waals surface area contributed by atoms with Gasteiger partial charge in [-0.2, -0.15) is 0 Å². The highest BCUT2D eigenvalue weighted by atomic mass is 32.1. The maximum Gasteiger partial charge on any atom is 0.246 e. The third kappa shape index (κ3) is 8.41. The van der Waals surface area contributed by atoms with E-state index in [0.29, 0.717) is 6.42 Å². The van der Waals surface area contributed by atoms with E-state index in [1.54, 1.807) is 35.9 Å². The Morgan fingerprint density at radius 2 is 1.62 bits per heavy atom. The van der Waals surface area contributed by atoms with Crippen LogP contribution < -0.4 is 10.6 Å². The molecule has 216 valence electrons. The zero-order valence-corrected chi connectivity index (χ0v) is 24.2. The molecule has 0 aliphatic rings. The molecular weight excluding hydrogens is 549 g/mol. The first-order chi connectivity index (χ1) is 20.5. The number of nitrogens with zero attached hydrogens (tertiary/aromatic N) is 4. The van der Waals surface area contributed by atoms with Gasteiger partial charge in [0.05, 0.1) is 21.8 Å². The van der Waals surface area contributed by atoms with E-state index in [4.69, 9.17) is 15.5 Å². The van der Waals surface area contributed by atoms with Gasteiger partial charge in [-0.05, 0) is 78.4 Å². The van der Waals surface area contributed by atoms with Gasteiger partial charge in [0.2, 0.25) is 5.91 Å². The maximum atomic E-state index is 13.1. The van der Waals surface area contributed by atoms with Gasteiger partial charge in [0.1, 0.15) is 11.9 Å². The highest BCUT2D eigenvalue weighted by Crippen LogP contribution is 2.30. The number of halogens is 1. The van der Waals surface area contributed by atoms with E-state index in [0.717, 1.165) is 76.4 Å². The van der Waals surface area contributed by atoms with Gasteiger partial charge in [-0.25, -0.2) is 9.37 Å². The Labute approximate surface area is 249 Å². The lowest BCUT2D eigenvalue weighted by Crippen LogP contribution is -2.31. The molecule has 0 spiro atoms. The Kier molecular flexibility index (Phi) is 10.2. The standard InChI is InChI=1S/C33H34FN5O2S/c34-27-12-10-24(11-13-27)23-41-30(33(35)40)8-2-1-3-9-32-38-29-15-14-28(18-31(29)42-32)39(21-25-6-4-16-36-19-25)22-26-7-5-17-37-20-26/h4-7,10-20,30H,1-3,8-9,21-23H2,(H2,35,40). The van der Waals surface area contributed by atoms with Crippen LogP contribution in [0.15, 0.2) is 91.5 Å². The van der Waals surface area contributed by atoms with Crippen molar-refractivity contribution in [1.82, 2.24) is 15.0 Å². The van der Waals surface area contributed by atoms with Gasteiger partial charge in [0.25, 0.3) is 0 Å². The Morgan fingerprint density at radius 3 is 2.26 bits per heavy atom. The summed E-state index contributed by atoms with van der Waals surface area (Å²) in [6.45, 7) is 1.70. The summed E-state index contributed by atoms with van der Waals surface area (Å²) in [5.74, 6) is -0.775. The fourth-order valence-electron chi connectivity index (χ4n) is 4.80. The number of unbranched alkanes of at least 4 members (excludes halogenated alkanes) is 2. The Hall–Kier alpha value is -4.21. The number of benzene rings is 2. The molecule has 5 aromatic rings. The van der Waals surface area contributed by atoms with Gasteiger partial charge < -0.3 is 15.4 Å². The molecule has 2 N–H and O–H groups in total. The monoisotopic (exact) mass is 583 g/mol. The highest BCUT2D eigenvalue weighted by molar-refractivity contribution is 7.18. The molecule has 42 heavy (non-hydrogen) atoms. The number of carbonyl (C=O) groups excluding carboxylic acids is 1. The summed E-state index contributed by atoms with van der Waals surface area (Å²) in [6, 6.07) is 20.6. The second kappa shape index (κ2) is 14.6. The number of thiazole rings is 1. The van der Waals surface area contributed by atoms with Gasteiger partial charge in [-0.1, -0.05) is 37.1 Å². The van der Waals surface area contributed by atoms with Crippen molar-refractivity contribution in [1.29, 1.82) is 0 Å². The molecule has 1 unspecified atom stereocenters. The second-order valence-electron chi connectivity index (χ2n) is 10.3. The van der Waals surface area contributed by atoms with Gasteiger partial charge >= 0.3 is 0 Å². The number of primary amides is 1. The fraction of sp³-hybridized carbons (Fsp3) is 0.273. The van der Waals surface area contributed by atoms with Crippen LogP contribution in [-0.4, -0.2) is 27.0 Å². The molecule has 0 aliphatic carbocycles. The van der Waals surface area contributed by atoms with Crippen LogP contribution in [0.4, 0.5) is 10.1 Å². The van der Waals surface area contributed by atoms with E-state index in [1.807, 2.05) is 24.5 Å². The van der Waals surface area contributed by atoms with Crippen LogP contribution in [0.25, 0.3) is 10.2 Å². The molecular formula is C33H34FN5O2S. The van der Waals surface area contributed by atoms with E-state index in [-0.39, 0.29) is 12.4 Å². The maximum absolute atomic E-state index is 13.1. The summed E-state index contributed by atoms with van der Waals surface area (Å²) < 4.78 is 20.0. The van der Waals surface area contributed by atoms with Crippen LogP contribution in [0.2, 0.25) is 0 Å². The largest absolute Gasteiger partial charge is 0.367 e. The third-order valence-corrected chi connectivity index (χ3v) is 8.09. The topological polar surface area (TPSA) is 94.2 Å². The van der Waals surface area contributed by atoms with E-state index in [9.17, 15) is 9.18 Å². The minimum atomic E-state index is -0.655. The van der Waals surface area contributed by atoms with Crippen LogP contribution >= 0.6 is 11.3 Å². The van der Waals surface area contributed by atoms with E-state index >= 15 is 0 Å². The predicted octanol–water partition coefficient (Wildman–Crippen LogP) is 6.61. The molecule has 1 atom stereocenters. The number of aromatic nitrogens is 3. The molecule has 0 aliphatic heterocycles. The molecule has 1 amide bonds. The zero-order valence-electron chi connectivity index (χ0n) is 23.4. The van der Waals surface area contributed by atoms with Crippen molar-refractivity contribution < 1.29 is 13.9 Å². The van der Waals surface area contributed by atoms with Crippen molar-refractivity contribution in [3.8, 4) is 0 Å². The smallest absolute Gasteiger partial charge is 0.246 e. The molecule has 0 bridgehead atoms. The van der Waals surface area contributed by atoms with Crippen molar-refractivity contribution in [2.24, 2.45) is 5.73 Å². The number of aryl methyl sites for hydroxylation is 1. The first kappa shape index (κ1) is 29.3. The zero-order chi connectivity index (χ0) is 29.1. The van der Waals surface area contributed by atoms with E-state index in [2.05, 4.69) is 45.2 Å². The SMILES string of the molecule is NC(=O)C(CCCCCc1nc2ccc(N(Cc3cccnc3)Cc3cccnc3)cc2s1)OCc1ccc(F)cc1. The Morgan fingerprint density at radius 1 is 0.905 bits per heavy atom. The van der Waals surface area contributed by atoms with Crippen molar-refractivity contribution in [3.63, 3.8) is 0 Å². The minimum Gasteiger partial charge on any atom is -0.367 e. The molecule has 0 saturated heterocycles. The minimum absolute atomic E-state index is 0.226. The summed E-state index contributed by atoms with van der Waals surface area (Å²) in [6.07, 6.45) is 10.9. The van der Waals surface area contributed by atoms with Crippen LogP contribution in [0.3, 0.4) is 0 Å². The first-order valence-electron chi connectivity index (χ1n) is 14.1. The summed E-state index contributed by atoms with van der Waals surface area (Å²) in [5.41, 5.74) is 10.8. The quantitative estimate of drug-likeness (QED) is 0.140. The number of fused-ring (bicyclic) bond motifs is 1. The van der Waals surface area contributed by atoms with Crippen molar-refractivity contribution >= 4 is 33.1 Å². The van der Waals surface area contributed by atoms with Crippen molar-refractivity contribution in [2.45, 2.75) is 57.9 Å². The summed E-state index contributed by atoms with van der Waals surface area (Å²) in [5, 5.41) is 1.10. The number of amides is 1. The summed E-state index contributed by atoms with van der Waals surface area (Å²) in [7, 11) is 0. The van der Waals surface area contributed by atoms with Crippen molar-refractivity contribution in [3.05, 3.63) is 119 Å². The number of carbonyl (C=O) groups is 1. The molecule has 9 heteroatoms. The van der Waals surface area contributed by atoms with E-state index in [1.165, 1.54) is 12.1 Å². The lowest BCUT2D eigenvalue weighted by molar-refractivity contribution is -0.130.